The molecule has 0 radical (unpaired) electrons. The Hall–Kier alpha value is -2.94. The predicted molar refractivity (Wildman–Crippen MR) is 92.8 cm³/mol. The molecule has 3 aromatic rings. The third kappa shape index (κ3) is 2.72. The molecular weight excluding hydrogens is 328 g/mol. The molecular formula is C16H19N4O5+. The highest BCUT2D eigenvalue weighted by Gasteiger charge is 2.21. The molecule has 0 unspecified atom stereocenters. The summed E-state index contributed by atoms with van der Waals surface area (Å²) in [5.41, 5.74) is -3.16. The molecule has 0 fully saturated rings. The maximum absolute atomic E-state index is 12.8. The lowest BCUT2D eigenvalue weighted by molar-refractivity contribution is -0.870. The van der Waals surface area contributed by atoms with Crippen LogP contribution in [0.25, 0.3) is 21.8 Å². The number of aromatic nitrogens is 3. The number of quaternary nitrogens is 1. The molecule has 2 N–H and O–H groups in total. The average Bonchev–Trinajstić information content (AvgIpc) is 2.83. The van der Waals surface area contributed by atoms with Gasteiger partial charge in [-0.05, 0) is 12.1 Å². The van der Waals surface area contributed by atoms with Crippen molar-refractivity contribution in [3.05, 3.63) is 53.0 Å². The largest absolute Gasteiger partial charge is 0.399 e. The summed E-state index contributed by atoms with van der Waals surface area (Å²) in [7, 11) is 6.03. The van der Waals surface area contributed by atoms with Crippen LogP contribution in [0.5, 0.6) is 0 Å². The van der Waals surface area contributed by atoms with Gasteiger partial charge in [0.05, 0.1) is 45.0 Å². The van der Waals surface area contributed by atoms with Gasteiger partial charge in [-0.25, -0.2) is 9.78 Å². The summed E-state index contributed by atoms with van der Waals surface area (Å²) in [6.07, 6.45) is 0.624. The fourth-order valence-electron chi connectivity index (χ4n) is 2.99. The van der Waals surface area contributed by atoms with Crippen molar-refractivity contribution in [2.75, 3.05) is 27.7 Å². The minimum Gasteiger partial charge on any atom is -0.399 e. The summed E-state index contributed by atoms with van der Waals surface area (Å²) in [6, 6.07) is 1.96. The predicted octanol–water partition coefficient (Wildman–Crippen LogP) is -0.864. The van der Waals surface area contributed by atoms with Gasteiger partial charge < -0.3 is 9.69 Å². The molecule has 0 aliphatic carbocycles. The highest BCUT2D eigenvalue weighted by atomic mass is 16.5. The molecule has 1 heterocycles. The van der Waals surface area contributed by atoms with Gasteiger partial charge >= 0.3 is 0 Å². The Balaban J connectivity index is 2.32. The van der Waals surface area contributed by atoms with Crippen molar-refractivity contribution in [1.29, 1.82) is 0 Å². The van der Waals surface area contributed by atoms with E-state index in [0.717, 1.165) is 18.7 Å². The van der Waals surface area contributed by atoms with Crippen LogP contribution < -0.4 is 21.7 Å². The molecule has 0 bridgehead atoms. The molecule has 9 nitrogen and oxygen atoms in total. The van der Waals surface area contributed by atoms with Gasteiger partial charge in [-0.1, -0.05) is 4.96 Å². The number of benzene rings is 2. The Kier molecular flexibility index (Phi) is 3.76. The lowest BCUT2D eigenvalue weighted by atomic mass is 10.1. The maximum Gasteiger partial charge on any atom is 0.218 e. The van der Waals surface area contributed by atoms with E-state index < -0.39 is 32.5 Å². The number of aromatic amines is 1. The molecule has 3 rings (SSSR count). The van der Waals surface area contributed by atoms with E-state index in [4.69, 9.17) is 0 Å². The molecule has 2 aromatic carbocycles. The van der Waals surface area contributed by atoms with Crippen molar-refractivity contribution in [3.63, 3.8) is 0 Å². The summed E-state index contributed by atoms with van der Waals surface area (Å²) in [5, 5.41) is 11.6. The first-order valence-corrected chi connectivity index (χ1v) is 7.80. The molecule has 0 atom stereocenters. The highest BCUT2D eigenvalue weighted by Crippen LogP contribution is 2.09. The second kappa shape index (κ2) is 5.55. The van der Waals surface area contributed by atoms with E-state index in [-0.39, 0.29) is 17.6 Å². The van der Waals surface area contributed by atoms with Crippen LogP contribution in [0.15, 0.2) is 31.3 Å². The van der Waals surface area contributed by atoms with Gasteiger partial charge in [0, 0.05) is 6.42 Å². The van der Waals surface area contributed by atoms with Crippen molar-refractivity contribution < 1.29 is 9.69 Å². The first kappa shape index (κ1) is 16.9. The smallest absolute Gasteiger partial charge is 0.218 e. The Bertz CT molecular complexity index is 1200. The lowest BCUT2D eigenvalue weighted by Crippen LogP contribution is -2.36. The van der Waals surface area contributed by atoms with Crippen LogP contribution in [-0.4, -0.2) is 52.1 Å². The van der Waals surface area contributed by atoms with E-state index in [9.17, 15) is 24.4 Å². The zero-order valence-electron chi connectivity index (χ0n) is 14.2. The van der Waals surface area contributed by atoms with Crippen molar-refractivity contribution >= 4 is 21.8 Å². The third-order valence-electron chi connectivity index (χ3n) is 4.16. The van der Waals surface area contributed by atoms with Crippen molar-refractivity contribution in [2.24, 2.45) is 0 Å². The first-order chi connectivity index (χ1) is 11.6. The Morgan fingerprint density at radius 1 is 1.00 bits per heavy atom. The zero-order chi connectivity index (χ0) is 18.5. The topological polar surface area (TPSA) is 114 Å². The quantitative estimate of drug-likeness (QED) is 0.471. The number of aryl methyl sites for hydroxylation is 1. The summed E-state index contributed by atoms with van der Waals surface area (Å²) >= 11 is 0. The second-order valence-electron chi connectivity index (χ2n) is 7.09. The van der Waals surface area contributed by atoms with Crippen LogP contribution in [0.1, 0.15) is 6.42 Å². The standard InChI is InChI=1S/C16H18N4O5/c1-20(2,3)8-4-7-18-14-13(17-19(18)25)15(23)11-9(21)5-6-10(22)12(11)16(14)24/h5-6,25H,4,7-8H2,1-3H3/p+1. The van der Waals surface area contributed by atoms with Crippen LogP contribution in [0, 0.1) is 0 Å². The van der Waals surface area contributed by atoms with Crippen LogP contribution >= 0.6 is 0 Å². The van der Waals surface area contributed by atoms with Crippen molar-refractivity contribution in [1.82, 2.24) is 14.7 Å². The fraction of sp³-hybridized carbons (Fsp3) is 0.375. The summed E-state index contributed by atoms with van der Waals surface area (Å²) in [6.45, 7) is 1.03. The Labute approximate surface area is 140 Å². The van der Waals surface area contributed by atoms with Gasteiger partial charge in [-0.2, -0.15) is 0 Å². The maximum atomic E-state index is 12.8. The number of nitrogens with zero attached hydrogens (tertiary/aromatic N) is 3. The molecule has 25 heavy (non-hydrogen) atoms. The monoisotopic (exact) mass is 347 g/mol. The molecule has 0 amide bonds. The van der Waals surface area contributed by atoms with Crippen LogP contribution in [0.3, 0.4) is 0 Å². The Morgan fingerprint density at radius 3 is 2.12 bits per heavy atom. The number of H-pyrrole nitrogens is 1. The molecule has 0 saturated heterocycles. The summed E-state index contributed by atoms with van der Waals surface area (Å²) in [5.74, 6) is 0. The van der Waals surface area contributed by atoms with Gasteiger partial charge in [0.15, 0.2) is 10.9 Å². The van der Waals surface area contributed by atoms with E-state index in [1.807, 2.05) is 21.1 Å². The number of rotatable bonds is 4. The zero-order valence-corrected chi connectivity index (χ0v) is 14.2. The highest BCUT2D eigenvalue weighted by molar-refractivity contribution is 5.94. The van der Waals surface area contributed by atoms with E-state index in [1.54, 1.807) is 0 Å². The van der Waals surface area contributed by atoms with Gasteiger partial charge in [0.2, 0.25) is 10.9 Å². The third-order valence-corrected chi connectivity index (χ3v) is 4.16. The molecule has 0 saturated carbocycles. The van der Waals surface area contributed by atoms with E-state index in [0.29, 0.717) is 15.9 Å². The normalized spacial score (nSPS) is 12.3. The summed E-state index contributed by atoms with van der Waals surface area (Å²) < 4.78 is 1.91. The Morgan fingerprint density at radius 2 is 1.56 bits per heavy atom. The second-order valence-corrected chi connectivity index (χ2v) is 7.09. The van der Waals surface area contributed by atoms with E-state index >= 15 is 0 Å². The molecule has 9 heteroatoms. The number of fused-ring (bicyclic) bond motifs is 2. The lowest BCUT2D eigenvalue weighted by Gasteiger charge is -2.23. The summed E-state index contributed by atoms with van der Waals surface area (Å²) in [4.78, 5) is 49.9. The van der Waals surface area contributed by atoms with Crippen molar-refractivity contribution in [3.8, 4) is 0 Å². The van der Waals surface area contributed by atoms with Gasteiger partial charge in [0.25, 0.3) is 0 Å². The number of nitrogens with one attached hydrogen (secondary N) is 1. The molecule has 0 aliphatic rings. The molecule has 1 aromatic heterocycles. The van der Waals surface area contributed by atoms with Crippen molar-refractivity contribution in [2.45, 2.75) is 13.0 Å². The van der Waals surface area contributed by atoms with Gasteiger partial charge in [-0.3, -0.25) is 19.2 Å². The van der Waals surface area contributed by atoms with Crippen LogP contribution in [0.2, 0.25) is 0 Å². The molecule has 132 valence electrons. The molecule has 0 aliphatic heterocycles. The number of hydrogen-bond acceptors (Lipinski definition) is 5. The minimum atomic E-state index is -0.763. The average molecular weight is 347 g/mol. The van der Waals surface area contributed by atoms with E-state index in [2.05, 4.69) is 5.10 Å². The molecule has 0 spiro atoms. The van der Waals surface area contributed by atoms with Crippen LogP contribution in [-0.2, 0) is 6.54 Å². The van der Waals surface area contributed by atoms with Gasteiger partial charge in [-0.15, -0.1) is 0 Å². The fourth-order valence-corrected chi connectivity index (χ4v) is 2.99. The minimum absolute atomic E-state index is 0.107. The SMILES string of the molecule is C[N+](C)(C)CCCn1c2c(=O)c3c(=O)ccc(=O)c3c(=O)c2[nH]n1O. The first-order valence-electron chi connectivity index (χ1n) is 7.80. The van der Waals surface area contributed by atoms with Crippen LogP contribution in [0.4, 0.5) is 0 Å². The van der Waals surface area contributed by atoms with Gasteiger partial charge in [0.1, 0.15) is 11.0 Å². The number of hydrogen-bond donors (Lipinski definition) is 2. The van der Waals surface area contributed by atoms with E-state index in [1.165, 1.54) is 4.68 Å².